The van der Waals surface area contributed by atoms with E-state index in [9.17, 15) is 4.79 Å². The van der Waals surface area contributed by atoms with E-state index in [-0.39, 0.29) is 11.3 Å². The number of guanidine groups is 1. The van der Waals surface area contributed by atoms with Crippen LogP contribution in [0.25, 0.3) is 6.08 Å². The van der Waals surface area contributed by atoms with Gasteiger partial charge in [0.1, 0.15) is 0 Å². The number of hydrogen-bond acceptors (Lipinski definition) is 4. The van der Waals surface area contributed by atoms with Crippen LogP contribution < -0.4 is 5.73 Å². The number of amides is 1. The van der Waals surface area contributed by atoms with Gasteiger partial charge in [-0.1, -0.05) is 24.3 Å². The van der Waals surface area contributed by atoms with E-state index in [1.807, 2.05) is 0 Å². The number of carbonyl (C=O) groups excluding carboxylic acids is 1. The third kappa shape index (κ3) is 2.71. The summed E-state index contributed by atoms with van der Waals surface area (Å²) in [5.41, 5.74) is 8.76. The Morgan fingerprint density at radius 1 is 1.30 bits per heavy atom. The zero-order valence-corrected chi connectivity index (χ0v) is 15.9. The quantitative estimate of drug-likeness (QED) is 0.876. The Kier molecular flexibility index (Phi) is 3.73. The van der Waals surface area contributed by atoms with E-state index in [1.54, 1.807) is 7.05 Å². The van der Waals surface area contributed by atoms with Crippen LogP contribution in [0.4, 0.5) is 0 Å². The van der Waals surface area contributed by atoms with Crippen LogP contribution in [0.5, 0.6) is 0 Å². The number of fused-ring (bicyclic) bond motifs is 2. The van der Waals surface area contributed by atoms with Crippen molar-refractivity contribution in [3.63, 3.8) is 0 Å². The molecule has 1 aromatic carbocycles. The summed E-state index contributed by atoms with van der Waals surface area (Å²) >= 11 is 0. The zero-order valence-electron chi connectivity index (χ0n) is 15.9. The maximum Gasteiger partial charge on any atom is 0.261 e. The van der Waals surface area contributed by atoms with Crippen LogP contribution >= 0.6 is 0 Å². The first-order valence-electron chi connectivity index (χ1n) is 10.0. The van der Waals surface area contributed by atoms with Crippen LogP contribution in [0.3, 0.4) is 0 Å². The molecular weight excluding hydrogens is 338 g/mol. The number of likely N-dealkylation sites (N-methyl/N-ethyl adjacent to an activating group) is 1. The van der Waals surface area contributed by atoms with Crippen LogP contribution in [0.15, 0.2) is 29.3 Å². The van der Waals surface area contributed by atoms with Gasteiger partial charge in [0.05, 0.1) is 0 Å². The van der Waals surface area contributed by atoms with Gasteiger partial charge in [-0.05, 0) is 72.6 Å². The Bertz CT molecular complexity index is 849. The second-order valence-electron chi connectivity index (χ2n) is 8.77. The summed E-state index contributed by atoms with van der Waals surface area (Å²) in [4.78, 5) is 19.7. The maximum atomic E-state index is 13.4. The molecule has 0 bridgehead atoms. The van der Waals surface area contributed by atoms with E-state index in [0.29, 0.717) is 5.96 Å². The molecule has 2 aliphatic heterocycles. The van der Waals surface area contributed by atoms with Crippen molar-refractivity contribution in [1.29, 1.82) is 0 Å². The Morgan fingerprint density at radius 3 is 2.74 bits per heavy atom. The van der Waals surface area contributed by atoms with Gasteiger partial charge in [0.25, 0.3) is 5.91 Å². The molecule has 1 amide bonds. The Morgan fingerprint density at radius 2 is 2.07 bits per heavy atom. The molecule has 1 unspecified atom stereocenters. The third-order valence-corrected chi connectivity index (χ3v) is 6.82. The number of carbonyl (C=O) groups is 1. The van der Waals surface area contributed by atoms with Crippen LogP contribution in [0, 0.1) is 11.3 Å². The van der Waals surface area contributed by atoms with Gasteiger partial charge >= 0.3 is 0 Å². The van der Waals surface area contributed by atoms with Gasteiger partial charge in [0.2, 0.25) is 0 Å². The van der Waals surface area contributed by atoms with Gasteiger partial charge in [-0.3, -0.25) is 9.69 Å². The minimum absolute atomic E-state index is 0.00939. The van der Waals surface area contributed by atoms with E-state index >= 15 is 0 Å². The predicted molar refractivity (Wildman–Crippen MR) is 105 cm³/mol. The second-order valence-corrected chi connectivity index (χ2v) is 8.77. The normalized spacial score (nSPS) is 29.6. The first-order chi connectivity index (χ1) is 13.0. The third-order valence-electron chi connectivity index (χ3n) is 6.82. The van der Waals surface area contributed by atoms with Crippen molar-refractivity contribution in [1.82, 2.24) is 4.90 Å². The highest BCUT2D eigenvalue weighted by atomic mass is 16.5. The van der Waals surface area contributed by atoms with Gasteiger partial charge in [0, 0.05) is 20.3 Å². The number of ether oxygens (including phenoxy) is 1. The molecule has 2 aliphatic carbocycles. The number of allylic oxidation sites excluding steroid dienone is 1. The van der Waals surface area contributed by atoms with Gasteiger partial charge < -0.3 is 10.5 Å². The largest absolute Gasteiger partial charge is 0.381 e. The van der Waals surface area contributed by atoms with Crippen LogP contribution in [0.2, 0.25) is 0 Å². The second kappa shape index (κ2) is 5.93. The maximum absolute atomic E-state index is 13.4. The average molecular weight is 365 g/mol. The lowest BCUT2D eigenvalue weighted by atomic mass is 9.60. The fourth-order valence-corrected chi connectivity index (χ4v) is 5.03. The molecular formula is C22H27N3O2. The molecule has 1 atom stereocenters. The molecule has 5 heteroatoms. The smallest absolute Gasteiger partial charge is 0.261 e. The van der Waals surface area contributed by atoms with Gasteiger partial charge in [-0.2, -0.15) is 0 Å². The van der Waals surface area contributed by atoms with E-state index < -0.39 is 5.54 Å². The van der Waals surface area contributed by atoms with Gasteiger partial charge in [-0.25, -0.2) is 4.99 Å². The summed E-state index contributed by atoms with van der Waals surface area (Å²) in [6.45, 7) is 1.52. The Labute approximate surface area is 160 Å². The molecule has 1 saturated heterocycles. The highest BCUT2D eigenvalue weighted by Gasteiger charge is 2.56. The molecule has 5 nitrogen and oxygen atoms in total. The number of benzene rings is 1. The molecule has 142 valence electrons. The first kappa shape index (κ1) is 17.0. The number of aliphatic imine (C=N–C) groups is 1. The van der Waals surface area contributed by atoms with Crippen molar-refractivity contribution in [3.8, 4) is 0 Å². The minimum atomic E-state index is -0.868. The number of hydrogen-bond donors (Lipinski definition) is 1. The summed E-state index contributed by atoms with van der Waals surface area (Å²) in [7, 11) is 1.73. The van der Waals surface area contributed by atoms with Crippen LogP contribution in [-0.2, 0) is 21.5 Å². The molecule has 2 heterocycles. The topological polar surface area (TPSA) is 67.9 Å². The van der Waals surface area contributed by atoms with Crippen molar-refractivity contribution >= 4 is 17.9 Å². The SMILES string of the molecule is CN1C(=O)C2(CC3(CCOCC3)Cc3ccc(/C=C/C4CC4)cc32)N=C1N. The molecule has 5 rings (SSSR count). The molecule has 2 fully saturated rings. The summed E-state index contributed by atoms with van der Waals surface area (Å²) in [5.74, 6) is 1.07. The van der Waals surface area contributed by atoms with Crippen molar-refractivity contribution in [3.05, 3.63) is 41.0 Å². The van der Waals surface area contributed by atoms with Gasteiger partial charge in [0.15, 0.2) is 11.5 Å². The summed E-state index contributed by atoms with van der Waals surface area (Å²) in [5, 5.41) is 0. The predicted octanol–water partition coefficient (Wildman–Crippen LogP) is 2.83. The lowest BCUT2D eigenvalue weighted by molar-refractivity contribution is -0.133. The lowest BCUT2D eigenvalue weighted by Gasteiger charge is -2.47. The molecule has 2 N–H and O–H groups in total. The van der Waals surface area contributed by atoms with Crippen molar-refractivity contribution in [2.45, 2.75) is 44.1 Å². The van der Waals surface area contributed by atoms with Crippen molar-refractivity contribution < 1.29 is 9.53 Å². The highest BCUT2D eigenvalue weighted by Crippen LogP contribution is 2.53. The summed E-state index contributed by atoms with van der Waals surface area (Å²) in [6, 6.07) is 6.56. The molecule has 1 saturated carbocycles. The fourth-order valence-electron chi connectivity index (χ4n) is 5.03. The van der Waals surface area contributed by atoms with Crippen molar-refractivity contribution in [2.24, 2.45) is 22.1 Å². The summed E-state index contributed by atoms with van der Waals surface area (Å²) in [6.07, 6.45) is 10.7. The Hall–Kier alpha value is -2.14. The molecule has 4 aliphatic rings. The monoisotopic (exact) mass is 365 g/mol. The standard InChI is InChI=1S/C22H27N3O2/c1-25-19(26)22(24-20(25)23)14-21(8-10-27-11-9-21)13-17-7-6-16(12-18(17)22)5-4-15-2-3-15/h4-7,12,15H,2-3,8-11,13-14H2,1H3,(H2,23,24)/b5-4+. The molecule has 0 radical (unpaired) electrons. The average Bonchev–Trinajstić information content (AvgIpc) is 3.47. The van der Waals surface area contributed by atoms with E-state index in [2.05, 4.69) is 30.4 Å². The molecule has 2 spiro atoms. The number of nitrogens with two attached hydrogens (primary N) is 1. The van der Waals surface area contributed by atoms with Crippen LogP contribution in [-0.4, -0.2) is 37.0 Å². The Balaban J connectivity index is 1.62. The van der Waals surface area contributed by atoms with E-state index in [1.165, 1.54) is 23.3 Å². The number of rotatable bonds is 2. The summed E-state index contributed by atoms with van der Waals surface area (Å²) < 4.78 is 5.62. The number of nitrogens with zero attached hydrogens (tertiary/aromatic N) is 2. The zero-order chi connectivity index (χ0) is 18.6. The molecule has 0 aromatic heterocycles. The highest BCUT2D eigenvalue weighted by molar-refractivity contribution is 6.07. The fraction of sp³-hybridized carbons (Fsp3) is 0.545. The van der Waals surface area contributed by atoms with Crippen molar-refractivity contribution in [2.75, 3.05) is 20.3 Å². The van der Waals surface area contributed by atoms with Crippen LogP contribution in [0.1, 0.15) is 48.8 Å². The van der Waals surface area contributed by atoms with E-state index in [0.717, 1.165) is 55.9 Å². The molecule has 27 heavy (non-hydrogen) atoms. The van der Waals surface area contributed by atoms with Gasteiger partial charge in [-0.15, -0.1) is 0 Å². The minimum Gasteiger partial charge on any atom is -0.381 e. The lowest BCUT2D eigenvalue weighted by Crippen LogP contribution is -2.49. The molecule has 1 aromatic rings. The first-order valence-corrected chi connectivity index (χ1v) is 10.0. The van der Waals surface area contributed by atoms with E-state index in [4.69, 9.17) is 15.5 Å².